The lowest BCUT2D eigenvalue weighted by Gasteiger charge is -2.28. The van der Waals surface area contributed by atoms with Gasteiger partial charge in [0, 0.05) is 23.9 Å². The number of ether oxygens (including phenoxy) is 1. The van der Waals surface area contributed by atoms with E-state index in [0.717, 1.165) is 29.4 Å². The summed E-state index contributed by atoms with van der Waals surface area (Å²) in [5.74, 6) is 1.24. The van der Waals surface area contributed by atoms with E-state index in [9.17, 15) is 13.2 Å². The number of rotatable bonds is 7. The summed E-state index contributed by atoms with van der Waals surface area (Å²) < 4.78 is 29.5. The lowest BCUT2D eigenvalue weighted by atomic mass is 10.1. The van der Waals surface area contributed by atoms with Crippen LogP contribution in [0, 0.1) is 0 Å². The molecule has 1 saturated carbocycles. The molecule has 1 atom stereocenters. The van der Waals surface area contributed by atoms with Crippen LogP contribution in [0.3, 0.4) is 0 Å². The Balaban J connectivity index is 1.32. The van der Waals surface area contributed by atoms with Gasteiger partial charge in [-0.05, 0) is 37.1 Å². The average Bonchev–Trinajstić information content (AvgIpc) is 3.42. The maximum Gasteiger partial charge on any atom is 0.223 e. The molecular weight excluding hydrogens is 362 g/mol. The Hall–Kier alpha value is -2.08. The Morgan fingerprint density at radius 2 is 1.81 bits per heavy atom. The molecule has 1 saturated heterocycles. The van der Waals surface area contributed by atoms with E-state index in [-0.39, 0.29) is 29.5 Å². The lowest BCUT2D eigenvalue weighted by molar-refractivity contribution is -0.133. The van der Waals surface area contributed by atoms with Gasteiger partial charge in [-0.1, -0.05) is 36.4 Å². The fourth-order valence-electron chi connectivity index (χ4n) is 3.91. The summed E-state index contributed by atoms with van der Waals surface area (Å²) in [6, 6.07) is 14.2. The summed E-state index contributed by atoms with van der Waals surface area (Å²) in [7, 11) is -2.98. The van der Waals surface area contributed by atoms with Crippen LogP contribution >= 0.6 is 0 Å². The molecule has 6 heteroatoms. The van der Waals surface area contributed by atoms with Gasteiger partial charge in [-0.3, -0.25) is 4.79 Å². The van der Waals surface area contributed by atoms with Crippen LogP contribution < -0.4 is 4.74 Å². The summed E-state index contributed by atoms with van der Waals surface area (Å²) >= 11 is 0. The fourth-order valence-corrected chi connectivity index (χ4v) is 5.62. The molecule has 0 aromatic heterocycles. The highest BCUT2D eigenvalue weighted by Gasteiger charge is 2.41. The van der Waals surface area contributed by atoms with Crippen molar-refractivity contribution in [2.45, 2.75) is 44.2 Å². The number of nitrogens with zero attached hydrogens (tertiary/aromatic N) is 1. The van der Waals surface area contributed by atoms with E-state index in [2.05, 4.69) is 12.1 Å². The molecule has 0 N–H and O–H groups in total. The van der Waals surface area contributed by atoms with Crippen molar-refractivity contribution in [2.75, 3.05) is 18.1 Å². The van der Waals surface area contributed by atoms with Gasteiger partial charge in [0.05, 0.1) is 18.1 Å². The SMILES string of the molecule is O=C(CCCOc1cccc2ccccc12)N(C1CC1)C1CCS(=O)(=O)C1. The minimum absolute atomic E-state index is 0.0705. The molecule has 1 heterocycles. The zero-order chi connectivity index (χ0) is 18.9. The minimum atomic E-state index is -2.98. The van der Waals surface area contributed by atoms with Crippen LogP contribution in [0.5, 0.6) is 5.75 Å². The molecule has 2 fully saturated rings. The number of hydrogen-bond donors (Lipinski definition) is 0. The molecule has 0 spiro atoms. The summed E-state index contributed by atoms with van der Waals surface area (Å²) in [4.78, 5) is 14.6. The van der Waals surface area contributed by atoms with Gasteiger partial charge in [-0.2, -0.15) is 0 Å². The van der Waals surface area contributed by atoms with E-state index in [0.29, 0.717) is 25.9 Å². The van der Waals surface area contributed by atoms with E-state index >= 15 is 0 Å². The Morgan fingerprint density at radius 1 is 1.04 bits per heavy atom. The van der Waals surface area contributed by atoms with Gasteiger partial charge >= 0.3 is 0 Å². The Labute approximate surface area is 160 Å². The minimum Gasteiger partial charge on any atom is -0.493 e. The zero-order valence-corrected chi connectivity index (χ0v) is 16.2. The molecule has 0 bridgehead atoms. The third kappa shape index (κ3) is 4.26. The second kappa shape index (κ2) is 7.50. The van der Waals surface area contributed by atoms with Gasteiger partial charge in [0.15, 0.2) is 9.84 Å². The monoisotopic (exact) mass is 387 g/mol. The normalized spacial score (nSPS) is 21.3. The van der Waals surface area contributed by atoms with Crippen molar-refractivity contribution in [1.82, 2.24) is 4.90 Å². The summed E-state index contributed by atoms with van der Waals surface area (Å²) in [6.45, 7) is 0.473. The van der Waals surface area contributed by atoms with Crippen LogP contribution in [0.25, 0.3) is 10.8 Å². The van der Waals surface area contributed by atoms with Crippen LogP contribution in [0.1, 0.15) is 32.1 Å². The largest absolute Gasteiger partial charge is 0.493 e. The predicted molar refractivity (Wildman–Crippen MR) is 106 cm³/mol. The Bertz CT molecular complexity index is 931. The number of sulfone groups is 1. The van der Waals surface area contributed by atoms with Crippen molar-refractivity contribution in [1.29, 1.82) is 0 Å². The number of fused-ring (bicyclic) bond motifs is 1. The second-order valence-electron chi connectivity index (χ2n) is 7.52. The maximum atomic E-state index is 12.7. The highest BCUT2D eigenvalue weighted by molar-refractivity contribution is 7.91. The fraction of sp³-hybridized carbons (Fsp3) is 0.476. The van der Waals surface area contributed by atoms with Crippen LogP contribution in [0.15, 0.2) is 42.5 Å². The van der Waals surface area contributed by atoms with Gasteiger partial charge < -0.3 is 9.64 Å². The predicted octanol–water partition coefficient (Wildman–Crippen LogP) is 3.18. The molecule has 27 heavy (non-hydrogen) atoms. The van der Waals surface area contributed by atoms with E-state index in [4.69, 9.17) is 4.74 Å². The van der Waals surface area contributed by atoms with E-state index in [1.54, 1.807) is 0 Å². The van der Waals surface area contributed by atoms with E-state index in [1.807, 2.05) is 35.2 Å². The quantitative estimate of drug-likeness (QED) is 0.685. The topological polar surface area (TPSA) is 63.7 Å². The number of amides is 1. The number of hydrogen-bond acceptors (Lipinski definition) is 4. The molecule has 0 radical (unpaired) electrons. The van der Waals surface area contributed by atoms with Crippen molar-refractivity contribution >= 4 is 26.5 Å². The van der Waals surface area contributed by atoms with Crippen LogP contribution in [-0.4, -0.2) is 49.4 Å². The van der Waals surface area contributed by atoms with Crippen molar-refractivity contribution in [3.63, 3.8) is 0 Å². The van der Waals surface area contributed by atoms with Gasteiger partial charge in [0.2, 0.25) is 5.91 Å². The molecule has 2 aliphatic rings. The first-order valence-corrected chi connectivity index (χ1v) is 11.5. The number of carbonyl (C=O) groups is 1. The molecule has 144 valence electrons. The molecule has 2 aromatic rings. The van der Waals surface area contributed by atoms with E-state index in [1.165, 1.54) is 0 Å². The Morgan fingerprint density at radius 3 is 2.56 bits per heavy atom. The molecule has 1 amide bonds. The van der Waals surface area contributed by atoms with Gasteiger partial charge in [0.25, 0.3) is 0 Å². The maximum absolute atomic E-state index is 12.7. The first kappa shape index (κ1) is 18.3. The highest BCUT2D eigenvalue weighted by atomic mass is 32.2. The number of carbonyl (C=O) groups excluding carboxylic acids is 1. The highest BCUT2D eigenvalue weighted by Crippen LogP contribution is 2.33. The van der Waals surface area contributed by atoms with Crippen molar-refractivity contribution in [2.24, 2.45) is 0 Å². The van der Waals surface area contributed by atoms with Crippen molar-refractivity contribution in [3.05, 3.63) is 42.5 Å². The molecule has 2 aromatic carbocycles. The molecule has 1 unspecified atom stereocenters. The summed E-state index contributed by atoms with van der Waals surface area (Å²) in [5.41, 5.74) is 0. The average molecular weight is 388 g/mol. The van der Waals surface area contributed by atoms with E-state index < -0.39 is 9.84 Å². The van der Waals surface area contributed by atoms with Crippen LogP contribution in [-0.2, 0) is 14.6 Å². The molecule has 5 nitrogen and oxygen atoms in total. The Kier molecular flexibility index (Phi) is 5.08. The van der Waals surface area contributed by atoms with Crippen LogP contribution in [0.4, 0.5) is 0 Å². The molecule has 1 aliphatic carbocycles. The van der Waals surface area contributed by atoms with Crippen molar-refractivity contribution in [3.8, 4) is 5.75 Å². The number of benzene rings is 2. The smallest absolute Gasteiger partial charge is 0.223 e. The van der Waals surface area contributed by atoms with Gasteiger partial charge in [-0.15, -0.1) is 0 Å². The third-order valence-electron chi connectivity index (χ3n) is 5.37. The summed E-state index contributed by atoms with van der Waals surface area (Å²) in [6.07, 6.45) is 3.60. The second-order valence-corrected chi connectivity index (χ2v) is 9.75. The first-order valence-electron chi connectivity index (χ1n) is 9.66. The molecular formula is C21H25NO4S. The van der Waals surface area contributed by atoms with Crippen LogP contribution in [0.2, 0.25) is 0 Å². The lowest BCUT2D eigenvalue weighted by Crippen LogP contribution is -2.42. The first-order chi connectivity index (χ1) is 13.0. The van der Waals surface area contributed by atoms with Crippen molar-refractivity contribution < 1.29 is 17.9 Å². The summed E-state index contributed by atoms with van der Waals surface area (Å²) in [5, 5.41) is 2.20. The van der Waals surface area contributed by atoms with Gasteiger partial charge in [0.1, 0.15) is 5.75 Å². The third-order valence-corrected chi connectivity index (χ3v) is 7.12. The standard InChI is InChI=1S/C21H25NO4S/c23-21(22(17-10-11-17)18-12-14-27(24,25)15-18)9-4-13-26-20-8-3-6-16-5-1-2-7-19(16)20/h1-3,5-8,17-18H,4,9-15H2. The molecule has 1 aliphatic heterocycles. The zero-order valence-electron chi connectivity index (χ0n) is 15.3. The van der Waals surface area contributed by atoms with Gasteiger partial charge in [-0.25, -0.2) is 8.42 Å². The molecule has 4 rings (SSSR count).